The largest absolute Gasteiger partial charge is 0.487 e. The zero-order valence-electron chi connectivity index (χ0n) is 12.0. The van der Waals surface area contributed by atoms with E-state index in [4.69, 9.17) is 4.74 Å². The van der Waals surface area contributed by atoms with Crippen molar-refractivity contribution >= 4 is 11.4 Å². The van der Waals surface area contributed by atoms with E-state index in [9.17, 15) is 10.1 Å². The Morgan fingerprint density at radius 1 is 1.55 bits per heavy atom. The third-order valence-electron chi connectivity index (χ3n) is 3.83. The molecule has 6 heteroatoms. The van der Waals surface area contributed by atoms with Gasteiger partial charge in [-0.2, -0.15) is 0 Å². The van der Waals surface area contributed by atoms with Crippen molar-refractivity contribution in [3.63, 3.8) is 0 Å². The molecule has 1 saturated heterocycles. The molecule has 1 aliphatic rings. The SMILES string of the molecule is CNc1cccc(OCCC2CCCN2C)c1[N+](=O)[O-]. The lowest BCUT2D eigenvalue weighted by Gasteiger charge is -2.19. The van der Waals surface area contributed by atoms with Gasteiger partial charge in [0, 0.05) is 13.1 Å². The summed E-state index contributed by atoms with van der Waals surface area (Å²) >= 11 is 0. The number of para-hydroxylation sites is 1. The van der Waals surface area contributed by atoms with Crippen LogP contribution < -0.4 is 10.1 Å². The lowest BCUT2D eigenvalue weighted by atomic mass is 10.1. The molecule has 0 saturated carbocycles. The van der Waals surface area contributed by atoms with Gasteiger partial charge in [0.05, 0.1) is 11.5 Å². The first-order valence-corrected chi connectivity index (χ1v) is 6.91. The van der Waals surface area contributed by atoms with Crippen molar-refractivity contribution in [3.05, 3.63) is 28.3 Å². The molecule has 1 aromatic rings. The van der Waals surface area contributed by atoms with E-state index < -0.39 is 4.92 Å². The molecule has 1 aromatic carbocycles. The van der Waals surface area contributed by atoms with Crippen molar-refractivity contribution in [1.29, 1.82) is 0 Å². The van der Waals surface area contributed by atoms with Gasteiger partial charge in [-0.05, 0) is 45.0 Å². The molecular formula is C14H21N3O3. The number of likely N-dealkylation sites (tertiary alicyclic amines) is 1. The highest BCUT2D eigenvalue weighted by molar-refractivity contribution is 5.68. The summed E-state index contributed by atoms with van der Waals surface area (Å²) in [5.41, 5.74) is 0.486. The van der Waals surface area contributed by atoms with Gasteiger partial charge in [-0.15, -0.1) is 0 Å². The first kappa shape index (κ1) is 14.6. The summed E-state index contributed by atoms with van der Waals surface area (Å²) in [5, 5.41) is 14.0. The fraction of sp³-hybridized carbons (Fsp3) is 0.571. The van der Waals surface area contributed by atoms with Crippen LogP contribution >= 0.6 is 0 Å². The second kappa shape index (κ2) is 6.56. The van der Waals surface area contributed by atoms with Crippen LogP contribution in [0, 0.1) is 10.1 Å². The molecule has 0 bridgehead atoms. The summed E-state index contributed by atoms with van der Waals surface area (Å²) in [4.78, 5) is 13.1. The van der Waals surface area contributed by atoms with E-state index in [1.807, 2.05) is 0 Å². The summed E-state index contributed by atoms with van der Waals surface area (Å²) in [6, 6.07) is 5.62. The summed E-state index contributed by atoms with van der Waals surface area (Å²) in [6.45, 7) is 1.63. The van der Waals surface area contributed by atoms with Crippen molar-refractivity contribution in [1.82, 2.24) is 4.90 Å². The number of nitrogens with zero attached hydrogens (tertiary/aromatic N) is 2. The van der Waals surface area contributed by atoms with E-state index >= 15 is 0 Å². The Morgan fingerprint density at radius 3 is 2.95 bits per heavy atom. The van der Waals surface area contributed by atoms with Crippen molar-refractivity contribution in [2.75, 3.05) is 32.6 Å². The van der Waals surface area contributed by atoms with Gasteiger partial charge >= 0.3 is 5.69 Å². The molecule has 0 aromatic heterocycles. The van der Waals surface area contributed by atoms with Gasteiger partial charge in [-0.25, -0.2) is 0 Å². The minimum Gasteiger partial charge on any atom is -0.487 e. The van der Waals surface area contributed by atoms with Crippen molar-refractivity contribution < 1.29 is 9.66 Å². The van der Waals surface area contributed by atoms with Crippen molar-refractivity contribution in [3.8, 4) is 5.75 Å². The lowest BCUT2D eigenvalue weighted by Crippen LogP contribution is -2.26. The van der Waals surface area contributed by atoms with Gasteiger partial charge in [-0.3, -0.25) is 10.1 Å². The van der Waals surface area contributed by atoms with E-state index in [1.54, 1.807) is 25.2 Å². The highest BCUT2D eigenvalue weighted by atomic mass is 16.6. The Hall–Kier alpha value is -1.82. The highest BCUT2D eigenvalue weighted by Gasteiger charge is 2.23. The average molecular weight is 279 g/mol. The second-order valence-corrected chi connectivity index (χ2v) is 5.07. The Labute approximate surface area is 118 Å². The number of ether oxygens (including phenoxy) is 1. The number of nitro benzene ring substituents is 1. The van der Waals surface area contributed by atoms with Crippen LogP contribution in [0.5, 0.6) is 5.75 Å². The van der Waals surface area contributed by atoms with E-state index in [-0.39, 0.29) is 5.69 Å². The van der Waals surface area contributed by atoms with Crippen molar-refractivity contribution in [2.45, 2.75) is 25.3 Å². The normalized spacial score (nSPS) is 19.0. The summed E-state index contributed by atoms with van der Waals surface area (Å²) in [5.74, 6) is 0.336. The smallest absolute Gasteiger partial charge is 0.333 e. The molecule has 6 nitrogen and oxygen atoms in total. The molecule has 2 rings (SSSR count). The number of hydrogen-bond donors (Lipinski definition) is 1. The van der Waals surface area contributed by atoms with Gasteiger partial charge in [0.25, 0.3) is 0 Å². The first-order chi connectivity index (χ1) is 9.63. The van der Waals surface area contributed by atoms with Crippen LogP contribution in [0.4, 0.5) is 11.4 Å². The third kappa shape index (κ3) is 3.19. The van der Waals surface area contributed by atoms with Gasteiger partial charge in [-0.1, -0.05) is 6.07 Å². The Bertz CT molecular complexity index is 479. The summed E-state index contributed by atoms with van der Waals surface area (Å²) < 4.78 is 5.64. The Balaban J connectivity index is 2.00. The number of nitrogens with one attached hydrogen (secondary N) is 1. The van der Waals surface area contributed by atoms with Crippen LogP contribution in [0.2, 0.25) is 0 Å². The molecule has 1 atom stereocenters. The predicted octanol–water partition coefficient (Wildman–Crippen LogP) is 2.50. The molecule has 1 N–H and O–H groups in total. The first-order valence-electron chi connectivity index (χ1n) is 6.91. The average Bonchev–Trinajstić information content (AvgIpc) is 2.84. The maximum absolute atomic E-state index is 11.2. The summed E-state index contributed by atoms with van der Waals surface area (Å²) in [6.07, 6.45) is 3.30. The molecule has 0 radical (unpaired) electrons. The number of hydrogen-bond acceptors (Lipinski definition) is 5. The highest BCUT2D eigenvalue weighted by Crippen LogP contribution is 2.34. The van der Waals surface area contributed by atoms with E-state index in [1.165, 1.54) is 12.8 Å². The summed E-state index contributed by atoms with van der Waals surface area (Å²) in [7, 11) is 3.78. The number of nitro groups is 1. The second-order valence-electron chi connectivity index (χ2n) is 5.07. The molecular weight excluding hydrogens is 258 g/mol. The minimum absolute atomic E-state index is 0.00905. The van der Waals surface area contributed by atoms with Crippen LogP contribution in [0.15, 0.2) is 18.2 Å². The number of anilines is 1. The van der Waals surface area contributed by atoms with E-state index in [0.717, 1.165) is 13.0 Å². The molecule has 1 fully saturated rings. The zero-order valence-corrected chi connectivity index (χ0v) is 12.0. The minimum atomic E-state index is -0.400. The molecule has 0 amide bonds. The molecule has 0 aliphatic carbocycles. The van der Waals surface area contributed by atoms with Gasteiger partial charge < -0.3 is 15.0 Å². The number of rotatable bonds is 6. The zero-order chi connectivity index (χ0) is 14.5. The fourth-order valence-electron chi connectivity index (χ4n) is 2.68. The number of benzene rings is 1. The predicted molar refractivity (Wildman–Crippen MR) is 78.4 cm³/mol. The van der Waals surface area contributed by atoms with Crippen molar-refractivity contribution in [2.24, 2.45) is 0 Å². The van der Waals surface area contributed by atoms with Crippen LogP contribution in [-0.2, 0) is 0 Å². The molecule has 1 unspecified atom stereocenters. The van der Waals surface area contributed by atoms with E-state index in [2.05, 4.69) is 17.3 Å². The molecule has 110 valence electrons. The molecule has 1 heterocycles. The molecule has 20 heavy (non-hydrogen) atoms. The third-order valence-corrected chi connectivity index (χ3v) is 3.83. The van der Waals surface area contributed by atoms with Crippen LogP contribution in [0.1, 0.15) is 19.3 Å². The van der Waals surface area contributed by atoms with Gasteiger partial charge in [0.1, 0.15) is 5.69 Å². The van der Waals surface area contributed by atoms with Crippen LogP contribution in [-0.4, -0.2) is 43.1 Å². The Kier molecular flexibility index (Phi) is 4.79. The molecule has 0 spiro atoms. The molecule has 1 aliphatic heterocycles. The lowest BCUT2D eigenvalue weighted by molar-refractivity contribution is -0.384. The fourth-order valence-corrected chi connectivity index (χ4v) is 2.68. The quantitative estimate of drug-likeness (QED) is 0.640. The van der Waals surface area contributed by atoms with Gasteiger partial charge in [0.15, 0.2) is 5.75 Å². The maximum Gasteiger partial charge on any atom is 0.333 e. The van der Waals surface area contributed by atoms with Crippen LogP contribution in [0.3, 0.4) is 0 Å². The van der Waals surface area contributed by atoms with Crippen LogP contribution in [0.25, 0.3) is 0 Å². The standard InChI is InChI=1S/C14H21N3O3/c1-15-12-6-3-7-13(14(12)17(18)19)20-10-8-11-5-4-9-16(11)2/h3,6-7,11,15H,4-5,8-10H2,1-2H3. The topological polar surface area (TPSA) is 67.6 Å². The van der Waals surface area contributed by atoms with E-state index in [0.29, 0.717) is 24.1 Å². The monoisotopic (exact) mass is 279 g/mol. The maximum atomic E-state index is 11.2. The van der Waals surface area contributed by atoms with Gasteiger partial charge in [0.2, 0.25) is 0 Å². The Morgan fingerprint density at radius 2 is 2.35 bits per heavy atom.